The highest BCUT2D eigenvalue weighted by Crippen LogP contribution is 2.31. The minimum absolute atomic E-state index is 0.0512. The zero-order valence-electron chi connectivity index (χ0n) is 7.65. The van der Waals surface area contributed by atoms with Crippen LogP contribution in [0.15, 0.2) is 36.9 Å². The summed E-state index contributed by atoms with van der Waals surface area (Å²) in [4.78, 5) is 10.0. The maximum absolute atomic E-state index is 11.5. The van der Waals surface area contributed by atoms with E-state index in [0.29, 0.717) is 11.3 Å². The summed E-state index contributed by atoms with van der Waals surface area (Å²) >= 11 is 0.952. The van der Waals surface area contributed by atoms with Gasteiger partial charge in [-0.25, -0.2) is 4.79 Å². The Labute approximate surface area is 94.3 Å². The molecule has 0 unspecified atom stereocenters. The van der Waals surface area contributed by atoms with Crippen molar-refractivity contribution in [3.63, 3.8) is 0 Å². The summed E-state index contributed by atoms with van der Waals surface area (Å²) in [7, 11) is -3.99. The van der Waals surface area contributed by atoms with Gasteiger partial charge in [-0.15, -0.1) is 11.3 Å². The normalized spacial score (nSPS) is 11.0. The molecule has 0 amide bonds. The standard InChI is InChI=1S/C8H4N2O4S2/c11-5-9-16(12,13)8-6(2-4-15-8)7-1-3-14-10-7/h1-4H. The van der Waals surface area contributed by atoms with E-state index in [0.717, 1.165) is 17.4 Å². The molecule has 16 heavy (non-hydrogen) atoms. The zero-order chi connectivity index (χ0) is 11.6. The van der Waals surface area contributed by atoms with Crippen molar-refractivity contribution in [2.75, 3.05) is 0 Å². The first-order chi connectivity index (χ1) is 7.65. The van der Waals surface area contributed by atoms with Gasteiger partial charge < -0.3 is 4.52 Å². The predicted octanol–water partition coefficient (Wildman–Crippen LogP) is 1.43. The average Bonchev–Trinajstić information content (AvgIpc) is 2.88. The van der Waals surface area contributed by atoms with Crippen molar-refractivity contribution in [1.82, 2.24) is 5.16 Å². The Hall–Kier alpha value is -1.76. The molecule has 0 bridgehead atoms. The van der Waals surface area contributed by atoms with Gasteiger partial charge in [-0.2, -0.15) is 8.42 Å². The number of isocyanates is 1. The first-order valence-corrected chi connectivity index (χ1v) is 6.29. The Morgan fingerprint density at radius 2 is 2.25 bits per heavy atom. The van der Waals surface area contributed by atoms with Crippen LogP contribution in [0.4, 0.5) is 0 Å². The summed E-state index contributed by atoms with van der Waals surface area (Å²) in [6.45, 7) is 0. The van der Waals surface area contributed by atoms with Crippen LogP contribution in [0.25, 0.3) is 11.3 Å². The van der Waals surface area contributed by atoms with Gasteiger partial charge in [0.2, 0.25) is 0 Å². The van der Waals surface area contributed by atoms with Crippen molar-refractivity contribution < 1.29 is 17.7 Å². The van der Waals surface area contributed by atoms with E-state index in [2.05, 4.69) is 14.1 Å². The Morgan fingerprint density at radius 1 is 1.44 bits per heavy atom. The molecule has 2 aromatic rings. The quantitative estimate of drug-likeness (QED) is 0.612. The molecule has 6 nitrogen and oxygen atoms in total. The highest BCUT2D eigenvalue weighted by Gasteiger charge is 2.21. The van der Waals surface area contributed by atoms with Crippen molar-refractivity contribution in [1.29, 1.82) is 0 Å². The molecule has 0 saturated heterocycles. The van der Waals surface area contributed by atoms with Gasteiger partial charge in [0.1, 0.15) is 12.0 Å². The predicted molar refractivity (Wildman–Crippen MR) is 55.1 cm³/mol. The van der Waals surface area contributed by atoms with Gasteiger partial charge in [0.25, 0.3) is 6.08 Å². The van der Waals surface area contributed by atoms with Crippen LogP contribution in [0.1, 0.15) is 0 Å². The van der Waals surface area contributed by atoms with Crippen LogP contribution in [0, 0.1) is 0 Å². The fourth-order valence-corrected chi connectivity index (χ4v) is 3.15. The zero-order valence-corrected chi connectivity index (χ0v) is 9.29. The fourth-order valence-electron chi connectivity index (χ4n) is 1.13. The summed E-state index contributed by atoms with van der Waals surface area (Å²) in [6.07, 6.45) is 2.34. The van der Waals surface area contributed by atoms with Gasteiger partial charge in [0.15, 0.2) is 4.21 Å². The molecule has 0 fully saturated rings. The van der Waals surface area contributed by atoms with Crippen molar-refractivity contribution >= 4 is 27.4 Å². The average molecular weight is 256 g/mol. The van der Waals surface area contributed by atoms with E-state index in [-0.39, 0.29) is 4.21 Å². The Bertz CT molecular complexity index is 635. The summed E-state index contributed by atoms with van der Waals surface area (Å²) in [5.41, 5.74) is 0.735. The number of sulfonamides is 1. The highest BCUT2D eigenvalue weighted by molar-refractivity contribution is 7.92. The first kappa shape index (κ1) is 10.7. The second-order valence-corrected chi connectivity index (χ2v) is 5.38. The van der Waals surface area contributed by atoms with E-state index in [1.165, 1.54) is 12.3 Å². The van der Waals surface area contributed by atoms with Crippen LogP contribution >= 0.6 is 11.3 Å². The minimum atomic E-state index is -3.99. The lowest BCUT2D eigenvalue weighted by atomic mass is 10.2. The largest absolute Gasteiger partial charge is 0.364 e. The molecule has 0 spiro atoms. The van der Waals surface area contributed by atoms with Gasteiger partial charge in [-0.3, -0.25) is 0 Å². The van der Waals surface area contributed by atoms with E-state index in [4.69, 9.17) is 0 Å². The summed E-state index contributed by atoms with van der Waals surface area (Å²) < 4.78 is 30.4. The third-order valence-electron chi connectivity index (χ3n) is 1.74. The van der Waals surface area contributed by atoms with Crippen molar-refractivity contribution in [2.24, 2.45) is 4.40 Å². The molecule has 8 heteroatoms. The van der Waals surface area contributed by atoms with Gasteiger partial charge >= 0.3 is 10.0 Å². The van der Waals surface area contributed by atoms with E-state index >= 15 is 0 Å². The van der Waals surface area contributed by atoms with Crippen molar-refractivity contribution in [3.8, 4) is 11.3 Å². The third-order valence-corrected chi connectivity index (χ3v) is 4.37. The molecule has 0 aliphatic carbocycles. The van der Waals surface area contributed by atoms with Crippen LogP contribution in [-0.4, -0.2) is 19.7 Å². The highest BCUT2D eigenvalue weighted by atomic mass is 32.2. The van der Waals surface area contributed by atoms with E-state index in [9.17, 15) is 13.2 Å². The first-order valence-electron chi connectivity index (χ1n) is 3.97. The van der Waals surface area contributed by atoms with Crippen molar-refractivity contribution in [3.05, 3.63) is 23.8 Å². The molecule has 2 heterocycles. The molecule has 0 radical (unpaired) electrons. The molecule has 82 valence electrons. The number of rotatable bonds is 3. The van der Waals surface area contributed by atoms with Gasteiger partial charge in [-0.05, 0) is 11.4 Å². The lowest BCUT2D eigenvalue weighted by Crippen LogP contribution is -1.95. The van der Waals surface area contributed by atoms with Gasteiger partial charge in [-0.1, -0.05) is 9.55 Å². The van der Waals surface area contributed by atoms with E-state index in [1.807, 2.05) is 0 Å². The number of carbonyl (C=O) groups excluding carboxylic acids is 1. The summed E-state index contributed by atoms with van der Waals surface area (Å²) in [6, 6.07) is 3.08. The third kappa shape index (κ3) is 1.81. The Kier molecular flexibility index (Phi) is 2.69. The smallest absolute Gasteiger partial charge is 0.302 e. The molecule has 0 aromatic carbocycles. The molecule has 2 aromatic heterocycles. The van der Waals surface area contributed by atoms with Crippen LogP contribution in [0.5, 0.6) is 0 Å². The lowest BCUT2D eigenvalue weighted by Gasteiger charge is -1.95. The molecule has 0 N–H and O–H groups in total. The van der Waals surface area contributed by atoms with Crippen LogP contribution < -0.4 is 0 Å². The maximum Gasteiger partial charge on any atom is 0.302 e. The molecular formula is C8H4N2O4S2. The monoisotopic (exact) mass is 256 g/mol. The number of aromatic nitrogens is 1. The SMILES string of the molecule is O=C=NS(=O)(=O)c1sccc1-c1ccon1. The molecule has 0 aliphatic heterocycles. The maximum atomic E-state index is 11.5. The van der Waals surface area contributed by atoms with Gasteiger partial charge in [0, 0.05) is 11.6 Å². The van der Waals surface area contributed by atoms with Crippen molar-refractivity contribution in [2.45, 2.75) is 4.21 Å². The fraction of sp³-hybridized carbons (Fsp3) is 0. The topological polar surface area (TPSA) is 89.6 Å². The minimum Gasteiger partial charge on any atom is -0.364 e. The van der Waals surface area contributed by atoms with E-state index < -0.39 is 10.0 Å². The van der Waals surface area contributed by atoms with Crippen LogP contribution in [0.3, 0.4) is 0 Å². The van der Waals surface area contributed by atoms with Crippen LogP contribution in [-0.2, 0) is 14.8 Å². The molecule has 0 saturated carbocycles. The number of thiophene rings is 1. The van der Waals surface area contributed by atoms with E-state index in [1.54, 1.807) is 11.4 Å². The summed E-state index contributed by atoms with van der Waals surface area (Å²) in [5, 5.41) is 5.19. The molecule has 0 atom stereocenters. The second-order valence-electron chi connectivity index (χ2n) is 2.66. The summed E-state index contributed by atoms with van der Waals surface area (Å²) in [5.74, 6) is 0. The lowest BCUT2D eigenvalue weighted by molar-refractivity contribution is 0.422. The number of hydrogen-bond acceptors (Lipinski definition) is 6. The second kappa shape index (κ2) is 4.01. The molecular weight excluding hydrogens is 252 g/mol. The number of hydrogen-bond donors (Lipinski definition) is 0. The van der Waals surface area contributed by atoms with Gasteiger partial charge in [0.05, 0.1) is 0 Å². The Balaban J connectivity index is 2.61. The Morgan fingerprint density at radius 3 is 2.88 bits per heavy atom. The molecule has 2 rings (SSSR count). The molecule has 0 aliphatic rings. The number of nitrogens with zero attached hydrogens (tertiary/aromatic N) is 2. The van der Waals surface area contributed by atoms with Crippen LogP contribution in [0.2, 0.25) is 0 Å².